The molecule has 0 aromatic heterocycles. The van der Waals surface area contributed by atoms with E-state index in [-0.39, 0.29) is 18.1 Å². The smallest absolute Gasteiger partial charge is 0.0500 e. The highest BCUT2D eigenvalue weighted by molar-refractivity contribution is 5.26. The quantitative estimate of drug-likeness (QED) is 0.865. The van der Waals surface area contributed by atoms with E-state index in [4.69, 9.17) is 0 Å². The Morgan fingerprint density at radius 1 is 1.20 bits per heavy atom. The van der Waals surface area contributed by atoms with Gasteiger partial charge in [-0.15, -0.1) is 0 Å². The number of piperazine rings is 1. The Hall–Kier alpha value is -0.900. The van der Waals surface area contributed by atoms with E-state index >= 15 is 0 Å². The maximum absolute atomic E-state index is 9.81. The lowest BCUT2D eigenvalue weighted by molar-refractivity contribution is 0.0305. The lowest BCUT2D eigenvalue weighted by Gasteiger charge is -2.43. The number of nitrogens with one attached hydrogen (secondary N) is 1. The minimum absolute atomic E-state index is 0.134. The SMILES string of the molecule is CCc1ccc([C@H](N2CCNCC2)C(C)(C)CO)cc1. The van der Waals surface area contributed by atoms with Gasteiger partial charge in [0.2, 0.25) is 0 Å². The molecular formula is C17H28N2O. The Bertz CT molecular complexity index is 408. The summed E-state index contributed by atoms with van der Waals surface area (Å²) in [6.45, 7) is 10.9. The second-order valence-corrected chi connectivity index (χ2v) is 6.43. The predicted molar refractivity (Wildman–Crippen MR) is 83.9 cm³/mol. The third-order valence-corrected chi connectivity index (χ3v) is 4.37. The number of benzene rings is 1. The number of aryl methyl sites for hydroxylation is 1. The number of rotatable bonds is 5. The molecule has 0 bridgehead atoms. The predicted octanol–water partition coefficient (Wildman–Crippen LogP) is 2.21. The van der Waals surface area contributed by atoms with Gasteiger partial charge in [-0.3, -0.25) is 4.90 Å². The van der Waals surface area contributed by atoms with Gasteiger partial charge >= 0.3 is 0 Å². The fourth-order valence-corrected chi connectivity index (χ4v) is 3.12. The second kappa shape index (κ2) is 6.70. The highest BCUT2D eigenvalue weighted by Crippen LogP contribution is 2.38. The van der Waals surface area contributed by atoms with Gasteiger partial charge in [0.25, 0.3) is 0 Å². The van der Waals surface area contributed by atoms with E-state index in [9.17, 15) is 5.11 Å². The molecule has 0 aliphatic carbocycles. The zero-order chi connectivity index (χ0) is 14.6. The minimum Gasteiger partial charge on any atom is -0.396 e. The molecule has 20 heavy (non-hydrogen) atoms. The molecule has 1 fully saturated rings. The van der Waals surface area contributed by atoms with Crippen molar-refractivity contribution in [3.63, 3.8) is 0 Å². The van der Waals surface area contributed by atoms with Crippen molar-refractivity contribution in [2.45, 2.75) is 33.2 Å². The summed E-state index contributed by atoms with van der Waals surface area (Å²) in [7, 11) is 0. The van der Waals surface area contributed by atoms with Crippen molar-refractivity contribution in [2.75, 3.05) is 32.8 Å². The van der Waals surface area contributed by atoms with E-state index in [1.807, 2.05) is 0 Å². The summed E-state index contributed by atoms with van der Waals surface area (Å²) in [5.41, 5.74) is 2.56. The molecular weight excluding hydrogens is 248 g/mol. The van der Waals surface area contributed by atoms with Gasteiger partial charge in [0.1, 0.15) is 0 Å². The molecule has 2 rings (SSSR count). The van der Waals surface area contributed by atoms with Crippen molar-refractivity contribution in [3.8, 4) is 0 Å². The fraction of sp³-hybridized carbons (Fsp3) is 0.647. The van der Waals surface area contributed by atoms with Gasteiger partial charge in [-0.1, -0.05) is 45.0 Å². The van der Waals surface area contributed by atoms with Crippen molar-refractivity contribution < 1.29 is 5.11 Å². The number of hydrogen-bond acceptors (Lipinski definition) is 3. The van der Waals surface area contributed by atoms with Crippen molar-refractivity contribution in [1.29, 1.82) is 0 Å². The van der Waals surface area contributed by atoms with Crippen LogP contribution in [0.5, 0.6) is 0 Å². The molecule has 1 aliphatic heterocycles. The van der Waals surface area contributed by atoms with Gasteiger partial charge < -0.3 is 10.4 Å². The number of hydrogen-bond donors (Lipinski definition) is 2. The second-order valence-electron chi connectivity index (χ2n) is 6.43. The van der Waals surface area contributed by atoms with E-state index in [1.165, 1.54) is 11.1 Å². The highest BCUT2D eigenvalue weighted by atomic mass is 16.3. The Morgan fingerprint density at radius 3 is 2.30 bits per heavy atom. The van der Waals surface area contributed by atoms with Crippen LogP contribution in [-0.4, -0.2) is 42.8 Å². The van der Waals surface area contributed by atoms with Crippen molar-refractivity contribution >= 4 is 0 Å². The summed E-state index contributed by atoms with van der Waals surface area (Å²) in [5, 5.41) is 13.2. The minimum atomic E-state index is -0.134. The maximum Gasteiger partial charge on any atom is 0.0500 e. The molecule has 0 spiro atoms. The Kier molecular flexibility index (Phi) is 5.19. The van der Waals surface area contributed by atoms with Crippen molar-refractivity contribution in [3.05, 3.63) is 35.4 Å². The van der Waals surface area contributed by atoms with Crippen LogP contribution in [0.15, 0.2) is 24.3 Å². The van der Waals surface area contributed by atoms with E-state index in [0.717, 1.165) is 32.6 Å². The summed E-state index contributed by atoms with van der Waals surface area (Å²) < 4.78 is 0. The molecule has 0 unspecified atom stereocenters. The maximum atomic E-state index is 9.81. The summed E-state index contributed by atoms with van der Waals surface area (Å²) in [5.74, 6) is 0. The first kappa shape index (κ1) is 15.5. The lowest BCUT2D eigenvalue weighted by atomic mass is 9.79. The molecule has 2 N–H and O–H groups in total. The summed E-state index contributed by atoms with van der Waals surface area (Å²) in [4.78, 5) is 2.51. The molecule has 1 aromatic carbocycles. The Labute approximate surface area is 123 Å². The monoisotopic (exact) mass is 276 g/mol. The standard InChI is InChI=1S/C17H28N2O/c1-4-14-5-7-15(8-6-14)16(17(2,3)13-20)19-11-9-18-10-12-19/h5-8,16,18,20H,4,9-13H2,1-3H3/t16-/m0/s1. The topological polar surface area (TPSA) is 35.5 Å². The molecule has 1 heterocycles. The molecule has 3 heteroatoms. The van der Waals surface area contributed by atoms with Crippen LogP contribution in [0.1, 0.15) is 37.9 Å². The third-order valence-electron chi connectivity index (χ3n) is 4.37. The van der Waals surface area contributed by atoms with Crippen LogP contribution in [-0.2, 0) is 6.42 Å². The van der Waals surface area contributed by atoms with E-state index in [2.05, 4.69) is 55.3 Å². The van der Waals surface area contributed by atoms with Gasteiger partial charge in [0.05, 0.1) is 0 Å². The fourth-order valence-electron chi connectivity index (χ4n) is 3.12. The van der Waals surface area contributed by atoms with Gasteiger partial charge in [0.15, 0.2) is 0 Å². The van der Waals surface area contributed by atoms with Crippen LogP contribution in [0, 0.1) is 5.41 Å². The largest absolute Gasteiger partial charge is 0.396 e. The molecule has 3 nitrogen and oxygen atoms in total. The molecule has 0 saturated carbocycles. The zero-order valence-corrected chi connectivity index (χ0v) is 13.0. The van der Waals surface area contributed by atoms with E-state index in [0.29, 0.717) is 0 Å². The van der Waals surface area contributed by atoms with Crippen LogP contribution < -0.4 is 5.32 Å². The van der Waals surface area contributed by atoms with Gasteiger partial charge in [0, 0.05) is 44.2 Å². The van der Waals surface area contributed by atoms with Gasteiger partial charge in [-0.05, 0) is 17.5 Å². The molecule has 0 amide bonds. The normalized spacial score (nSPS) is 19.0. The Morgan fingerprint density at radius 2 is 1.80 bits per heavy atom. The number of aliphatic hydroxyl groups is 1. The molecule has 0 radical (unpaired) electrons. The number of aliphatic hydroxyl groups excluding tert-OH is 1. The summed E-state index contributed by atoms with van der Waals surface area (Å²) in [6.07, 6.45) is 1.07. The molecule has 1 saturated heterocycles. The Balaban J connectivity index is 2.29. The zero-order valence-electron chi connectivity index (χ0n) is 13.0. The summed E-state index contributed by atoms with van der Waals surface area (Å²) >= 11 is 0. The van der Waals surface area contributed by atoms with Crippen LogP contribution in [0.3, 0.4) is 0 Å². The molecule has 112 valence electrons. The highest BCUT2D eigenvalue weighted by Gasteiger charge is 2.35. The van der Waals surface area contributed by atoms with Crippen molar-refractivity contribution in [1.82, 2.24) is 10.2 Å². The lowest BCUT2D eigenvalue weighted by Crippen LogP contribution is -2.49. The third kappa shape index (κ3) is 3.40. The van der Waals surface area contributed by atoms with E-state index < -0.39 is 0 Å². The van der Waals surface area contributed by atoms with Crippen LogP contribution >= 0.6 is 0 Å². The van der Waals surface area contributed by atoms with Crippen LogP contribution in [0.25, 0.3) is 0 Å². The first-order valence-corrected chi connectivity index (χ1v) is 7.73. The van der Waals surface area contributed by atoms with Gasteiger partial charge in [-0.25, -0.2) is 0 Å². The molecule has 1 aliphatic rings. The average Bonchev–Trinajstić information content (AvgIpc) is 2.49. The number of nitrogens with zero attached hydrogens (tertiary/aromatic N) is 1. The van der Waals surface area contributed by atoms with E-state index in [1.54, 1.807) is 0 Å². The van der Waals surface area contributed by atoms with Crippen molar-refractivity contribution in [2.24, 2.45) is 5.41 Å². The average molecular weight is 276 g/mol. The molecule has 1 aromatic rings. The van der Waals surface area contributed by atoms with Crippen LogP contribution in [0.4, 0.5) is 0 Å². The summed E-state index contributed by atoms with van der Waals surface area (Å²) in [6, 6.07) is 9.20. The van der Waals surface area contributed by atoms with Gasteiger partial charge in [-0.2, -0.15) is 0 Å². The van der Waals surface area contributed by atoms with Crippen LogP contribution in [0.2, 0.25) is 0 Å². The molecule has 1 atom stereocenters. The first-order valence-electron chi connectivity index (χ1n) is 7.73. The first-order chi connectivity index (χ1) is 9.58.